The minimum Gasteiger partial charge on any atom is -0.455 e. The van der Waals surface area contributed by atoms with E-state index >= 15 is 0 Å². The van der Waals surface area contributed by atoms with Crippen LogP contribution in [0, 0.1) is 0 Å². The Morgan fingerprint density at radius 3 is 1.80 bits per heavy atom. The van der Waals surface area contributed by atoms with Crippen molar-refractivity contribution in [2.45, 2.75) is 0 Å². The molecule has 0 aliphatic carbocycles. The largest absolute Gasteiger partial charge is 0.455 e. The standard InChI is InChI=1S/C42H25NO2/c1-2-11-29(12-3-1)43-35-17-7-6-14-33(35)42-40(43)39-31(16-9-19-37(39)45-42)28-22-20-27(21-23-28)30-15-8-18-36-38(30)34-25-24-26-10-4-5-13-32(26)41(34)44-36/h1-25H. The Hall–Kier alpha value is -6.06. The van der Waals surface area contributed by atoms with Crippen LogP contribution >= 0.6 is 0 Å². The van der Waals surface area contributed by atoms with E-state index in [2.05, 4.69) is 156 Å². The van der Waals surface area contributed by atoms with Gasteiger partial charge in [-0.15, -0.1) is 0 Å². The summed E-state index contributed by atoms with van der Waals surface area (Å²) in [6, 6.07) is 53.5. The lowest BCUT2D eigenvalue weighted by atomic mass is 9.95. The fourth-order valence-electron chi connectivity index (χ4n) is 7.22. The molecule has 210 valence electrons. The molecule has 45 heavy (non-hydrogen) atoms. The highest BCUT2D eigenvalue weighted by atomic mass is 16.3. The Morgan fingerprint density at radius 2 is 1.02 bits per heavy atom. The second-order valence-corrected chi connectivity index (χ2v) is 11.7. The Labute approximate surface area is 258 Å². The Kier molecular flexibility index (Phi) is 5.00. The molecule has 0 fully saturated rings. The summed E-state index contributed by atoms with van der Waals surface area (Å²) in [6.45, 7) is 0. The normalized spacial score (nSPS) is 12.0. The quantitative estimate of drug-likeness (QED) is 0.210. The van der Waals surface area contributed by atoms with Crippen molar-refractivity contribution in [1.82, 2.24) is 4.57 Å². The zero-order chi connectivity index (χ0) is 29.5. The molecule has 0 bridgehead atoms. The van der Waals surface area contributed by atoms with Gasteiger partial charge in [-0.05, 0) is 70.1 Å². The van der Waals surface area contributed by atoms with Crippen LogP contribution in [0.4, 0.5) is 0 Å². The lowest BCUT2D eigenvalue weighted by molar-refractivity contribution is 0.672. The van der Waals surface area contributed by atoms with Crippen LogP contribution in [-0.4, -0.2) is 4.57 Å². The number of hydrogen-bond donors (Lipinski definition) is 0. The van der Waals surface area contributed by atoms with Crippen molar-refractivity contribution >= 4 is 65.7 Å². The highest BCUT2D eigenvalue weighted by molar-refractivity contribution is 6.21. The summed E-state index contributed by atoms with van der Waals surface area (Å²) >= 11 is 0. The first-order valence-electron chi connectivity index (χ1n) is 15.3. The van der Waals surface area contributed by atoms with E-state index in [1.165, 1.54) is 10.9 Å². The maximum absolute atomic E-state index is 6.60. The number of furan rings is 2. The van der Waals surface area contributed by atoms with Crippen LogP contribution < -0.4 is 0 Å². The molecule has 0 radical (unpaired) electrons. The average Bonchev–Trinajstić information content (AvgIpc) is 3.78. The van der Waals surface area contributed by atoms with Gasteiger partial charge in [0.2, 0.25) is 0 Å². The van der Waals surface area contributed by atoms with Crippen molar-refractivity contribution in [1.29, 1.82) is 0 Å². The minimum absolute atomic E-state index is 0.888. The van der Waals surface area contributed by atoms with Gasteiger partial charge in [0.1, 0.15) is 22.3 Å². The SMILES string of the molecule is c1ccc(-n2c3ccccc3c3oc4cccc(-c5ccc(-c6cccc7oc8c9ccccc9ccc8c67)cc5)c4c32)cc1. The van der Waals surface area contributed by atoms with E-state index in [0.717, 1.165) is 82.7 Å². The van der Waals surface area contributed by atoms with E-state index in [9.17, 15) is 0 Å². The van der Waals surface area contributed by atoms with Crippen molar-refractivity contribution in [3.63, 3.8) is 0 Å². The molecule has 0 aliphatic rings. The highest BCUT2D eigenvalue weighted by Crippen LogP contribution is 2.44. The number of nitrogens with zero attached hydrogens (tertiary/aromatic N) is 1. The molecule has 0 unspecified atom stereocenters. The van der Waals surface area contributed by atoms with Crippen LogP contribution in [0.15, 0.2) is 160 Å². The van der Waals surface area contributed by atoms with Gasteiger partial charge in [-0.1, -0.05) is 109 Å². The molecule has 3 heterocycles. The fraction of sp³-hybridized carbons (Fsp3) is 0. The molecule has 0 spiro atoms. The number of para-hydroxylation sites is 2. The lowest BCUT2D eigenvalue weighted by Crippen LogP contribution is -1.93. The number of aromatic nitrogens is 1. The Morgan fingerprint density at radius 1 is 0.400 bits per heavy atom. The van der Waals surface area contributed by atoms with Crippen molar-refractivity contribution in [3.05, 3.63) is 152 Å². The van der Waals surface area contributed by atoms with Gasteiger partial charge in [0, 0.05) is 27.2 Å². The number of hydrogen-bond acceptors (Lipinski definition) is 2. The van der Waals surface area contributed by atoms with Crippen molar-refractivity contribution in [3.8, 4) is 27.9 Å². The number of rotatable bonds is 3. The first kappa shape index (κ1) is 24.4. The van der Waals surface area contributed by atoms with Gasteiger partial charge in [0.15, 0.2) is 5.58 Å². The molecule has 10 rings (SSSR count). The molecule has 10 aromatic rings. The zero-order valence-corrected chi connectivity index (χ0v) is 24.2. The van der Waals surface area contributed by atoms with Gasteiger partial charge in [0.05, 0.1) is 10.9 Å². The van der Waals surface area contributed by atoms with Gasteiger partial charge in [-0.2, -0.15) is 0 Å². The second kappa shape index (κ2) is 9.22. The predicted molar refractivity (Wildman–Crippen MR) is 186 cm³/mol. The Balaban J connectivity index is 1.18. The van der Waals surface area contributed by atoms with Crippen LogP contribution in [-0.2, 0) is 0 Å². The zero-order valence-electron chi connectivity index (χ0n) is 24.2. The maximum Gasteiger partial charge on any atom is 0.161 e. The van der Waals surface area contributed by atoms with Gasteiger partial charge < -0.3 is 13.4 Å². The molecule has 0 N–H and O–H groups in total. The van der Waals surface area contributed by atoms with Crippen molar-refractivity contribution in [2.75, 3.05) is 0 Å². The average molecular weight is 576 g/mol. The minimum atomic E-state index is 0.888. The molecule has 3 aromatic heterocycles. The van der Waals surface area contributed by atoms with Crippen molar-refractivity contribution in [2.24, 2.45) is 0 Å². The number of fused-ring (bicyclic) bond motifs is 10. The molecular formula is C42H25NO2. The van der Waals surface area contributed by atoms with Crippen LogP contribution in [0.5, 0.6) is 0 Å². The molecule has 0 atom stereocenters. The summed E-state index contributed by atoms with van der Waals surface area (Å²) in [5.41, 5.74) is 11.6. The van der Waals surface area contributed by atoms with Gasteiger partial charge in [-0.25, -0.2) is 0 Å². The summed E-state index contributed by atoms with van der Waals surface area (Å²) < 4.78 is 15.4. The summed E-state index contributed by atoms with van der Waals surface area (Å²) in [4.78, 5) is 0. The van der Waals surface area contributed by atoms with Crippen LogP contribution in [0.25, 0.3) is 93.6 Å². The maximum atomic E-state index is 6.60. The monoisotopic (exact) mass is 575 g/mol. The molecule has 7 aromatic carbocycles. The molecule has 3 nitrogen and oxygen atoms in total. The fourth-order valence-corrected chi connectivity index (χ4v) is 7.22. The van der Waals surface area contributed by atoms with E-state index < -0.39 is 0 Å². The molecule has 0 amide bonds. The topological polar surface area (TPSA) is 31.2 Å². The summed E-state index contributed by atoms with van der Waals surface area (Å²) in [5, 5.41) is 6.85. The first-order valence-corrected chi connectivity index (χ1v) is 15.3. The van der Waals surface area contributed by atoms with Crippen LogP contribution in [0.1, 0.15) is 0 Å². The third kappa shape index (κ3) is 3.46. The van der Waals surface area contributed by atoms with E-state index in [1.54, 1.807) is 0 Å². The van der Waals surface area contributed by atoms with Crippen LogP contribution in [0.3, 0.4) is 0 Å². The van der Waals surface area contributed by atoms with E-state index in [0.29, 0.717) is 0 Å². The van der Waals surface area contributed by atoms with Crippen LogP contribution in [0.2, 0.25) is 0 Å². The lowest BCUT2D eigenvalue weighted by Gasteiger charge is -2.10. The molecule has 0 aliphatic heterocycles. The number of benzene rings is 7. The first-order chi connectivity index (χ1) is 22.3. The molecule has 0 saturated carbocycles. The van der Waals surface area contributed by atoms with Gasteiger partial charge >= 0.3 is 0 Å². The molecule has 3 heteroatoms. The Bertz CT molecular complexity index is 2740. The third-order valence-electron chi connectivity index (χ3n) is 9.21. The molecular weight excluding hydrogens is 550 g/mol. The van der Waals surface area contributed by atoms with Crippen molar-refractivity contribution < 1.29 is 8.83 Å². The summed E-state index contributed by atoms with van der Waals surface area (Å²) in [6.07, 6.45) is 0. The van der Waals surface area contributed by atoms with E-state index in [4.69, 9.17) is 8.83 Å². The smallest absolute Gasteiger partial charge is 0.161 e. The van der Waals surface area contributed by atoms with E-state index in [1.807, 2.05) is 0 Å². The summed E-state index contributed by atoms with van der Waals surface area (Å²) in [7, 11) is 0. The van der Waals surface area contributed by atoms with Gasteiger partial charge in [0.25, 0.3) is 0 Å². The third-order valence-corrected chi connectivity index (χ3v) is 9.21. The predicted octanol–water partition coefficient (Wildman–Crippen LogP) is 11.9. The second-order valence-electron chi connectivity index (χ2n) is 11.7. The summed E-state index contributed by atoms with van der Waals surface area (Å²) in [5.74, 6) is 0. The van der Waals surface area contributed by atoms with Gasteiger partial charge in [-0.3, -0.25) is 0 Å². The highest BCUT2D eigenvalue weighted by Gasteiger charge is 2.22. The molecule has 0 saturated heterocycles. The van der Waals surface area contributed by atoms with E-state index in [-0.39, 0.29) is 0 Å².